The van der Waals surface area contributed by atoms with Gasteiger partial charge in [0.25, 0.3) is 5.91 Å². The van der Waals surface area contributed by atoms with E-state index in [4.69, 9.17) is 4.42 Å². The molecule has 1 N–H and O–H groups in total. The van der Waals surface area contributed by atoms with Crippen molar-refractivity contribution in [1.29, 1.82) is 0 Å². The summed E-state index contributed by atoms with van der Waals surface area (Å²) in [6.07, 6.45) is 1.68. The molecule has 4 rings (SSSR count). The van der Waals surface area contributed by atoms with Crippen molar-refractivity contribution in [3.05, 3.63) is 75.4 Å². The Hall–Kier alpha value is -2.99. The third kappa shape index (κ3) is 2.92. The van der Waals surface area contributed by atoms with Crippen molar-refractivity contribution in [3.63, 3.8) is 0 Å². The van der Waals surface area contributed by atoms with Gasteiger partial charge in [-0.3, -0.25) is 14.6 Å². The zero-order valence-electron chi connectivity index (χ0n) is 15.7. The summed E-state index contributed by atoms with van der Waals surface area (Å²) in [4.78, 5) is 33.8. The van der Waals surface area contributed by atoms with Crippen molar-refractivity contribution in [2.45, 2.75) is 13.0 Å². The summed E-state index contributed by atoms with van der Waals surface area (Å²) in [5, 5.41) is 0.502. The number of carbonyl (C=O) groups excluding carboxylic acids is 1. The Bertz CT molecular complexity index is 1070. The highest BCUT2D eigenvalue weighted by Crippen LogP contribution is 2.36. The predicted molar refractivity (Wildman–Crippen MR) is 102 cm³/mol. The van der Waals surface area contributed by atoms with Gasteiger partial charge in [-0.05, 0) is 31.2 Å². The van der Waals surface area contributed by atoms with Gasteiger partial charge in [0.2, 0.25) is 5.76 Å². The molecule has 27 heavy (non-hydrogen) atoms. The van der Waals surface area contributed by atoms with Crippen LogP contribution in [0.2, 0.25) is 0 Å². The van der Waals surface area contributed by atoms with E-state index in [1.54, 1.807) is 17.2 Å². The van der Waals surface area contributed by atoms with Crippen LogP contribution in [0.25, 0.3) is 11.0 Å². The van der Waals surface area contributed by atoms with Gasteiger partial charge >= 0.3 is 0 Å². The Labute approximate surface area is 157 Å². The highest BCUT2D eigenvalue weighted by Gasteiger charge is 2.43. The second-order valence-corrected chi connectivity index (χ2v) is 7.29. The molecule has 0 bridgehead atoms. The lowest BCUT2D eigenvalue weighted by molar-refractivity contribution is -0.857. The molecule has 1 aromatic carbocycles. The van der Waals surface area contributed by atoms with Crippen molar-refractivity contribution < 1.29 is 14.1 Å². The molecule has 2 aromatic heterocycles. The maximum Gasteiger partial charge on any atom is 0.291 e. The van der Waals surface area contributed by atoms with Crippen molar-refractivity contribution >= 4 is 16.9 Å². The Morgan fingerprint density at radius 1 is 1.19 bits per heavy atom. The molecular weight excluding hydrogens is 342 g/mol. The van der Waals surface area contributed by atoms with E-state index < -0.39 is 6.04 Å². The number of aryl methyl sites for hydroxylation is 1. The highest BCUT2D eigenvalue weighted by molar-refractivity contribution is 5.99. The first-order chi connectivity index (χ1) is 13.0. The van der Waals surface area contributed by atoms with Gasteiger partial charge in [0.05, 0.1) is 43.8 Å². The Morgan fingerprint density at radius 3 is 2.70 bits per heavy atom. The van der Waals surface area contributed by atoms with Gasteiger partial charge in [-0.25, -0.2) is 0 Å². The van der Waals surface area contributed by atoms with Crippen LogP contribution in [0.4, 0.5) is 0 Å². The summed E-state index contributed by atoms with van der Waals surface area (Å²) in [5.41, 5.74) is 2.33. The van der Waals surface area contributed by atoms with Crippen LogP contribution in [-0.4, -0.2) is 43.0 Å². The average molecular weight is 364 g/mol. The van der Waals surface area contributed by atoms with Crippen LogP contribution in [0.5, 0.6) is 0 Å². The number of rotatable bonds is 4. The Morgan fingerprint density at radius 2 is 2.00 bits per heavy atom. The molecule has 138 valence electrons. The molecule has 0 aliphatic carbocycles. The minimum atomic E-state index is -0.519. The van der Waals surface area contributed by atoms with Gasteiger partial charge in [-0.15, -0.1) is 0 Å². The van der Waals surface area contributed by atoms with Gasteiger partial charge < -0.3 is 14.2 Å². The number of likely N-dealkylation sites (N-methyl/N-ethyl adjacent to an activating group) is 1. The van der Waals surface area contributed by atoms with Crippen molar-refractivity contribution in [2.75, 3.05) is 27.2 Å². The Kier molecular flexibility index (Phi) is 4.28. The Balaban J connectivity index is 1.95. The molecule has 0 radical (unpaired) electrons. The monoisotopic (exact) mass is 364 g/mol. The fourth-order valence-electron chi connectivity index (χ4n) is 3.55. The third-order valence-electron chi connectivity index (χ3n) is 4.94. The number of carbonyl (C=O) groups is 1. The van der Waals surface area contributed by atoms with Gasteiger partial charge in [0.15, 0.2) is 5.43 Å². The highest BCUT2D eigenvalue weighted by atomic mass is 16.3. The number of amides is 1. The lowest BCUT2D eigenvalue weighted by atomic mass is 10.0. The van der Waals surface area contributed by atoms with Crippen LogP contribution in [0.3, 0.4) is 0 Å². The topological polar surface area (TPSA) is 67.8 Å². The van der Waals surface area contributed by atoms with Crippen LogP contribution in [0.1, 0.15) is 33.4 Å². The normalized spacial score (nSPS) is 16.4. The van der Waals surface area contributed by atoms with E-state index in [1.807, 2.05) is 51.4 Å². The van der Waals surface area contributed by atoms with Gasteiger partial charge in [0.1, 0.15) is 11.6 Å². The summed E-state index contributed by atoms with van der Waals surface area (Å²) in [7, 11) is 4.06. The van der Waals surface area contributed by atoms with Crippen molar-refractivity contribution in [3.8, 4) is 0 Å². The molecule has 3 heterocycles. The summed E-state index contributed by atoms with van der Waals surface area (Å²) in [5.74, 6) is -0.109. The van der Waals surface area contributed by atoms with Gasteiger partial charge in [0, 0.05) is 6.20 Å². The van der Waals surface area contributed by atoms with Gasteiger partial charge in [-0.2, -0.15) is 0 Å². The smallest absolute Gasteiger partial charge is 0.291 e. The zero-order valence-corrected chi connectivity index (χ0v) is 15.7. The van der Waals surface area contributed by atoms with Crippen LogP contribution >= 0.6 is 0 Å². The number of hydrogen-bond donors (Lipinski definition) is 1. The van der Waals surface area contributed by atoms with E-state index in [0.29, 0.717) is 28.8 Å². The maximum atomic E-state index is 13.3. The molecule has 1 aliphatic heterocycles. The number of aromatic nitrogens is 1. The minimum absolute atomic E-state index is 0.140. The molecule has 0 saturated heterocycles. The van der Waals surface area contributed by atoms with Gasteiger partial charge in [-0.1, -0.05) is 17.7 Å². The molecule has 6 heteroatoms. The van der Waals surface area contributed by atoms with E-state index in [1.165, 1.54) is 4.90 Å². The lowest BCUT2D eigenvalue weighted by Gasteiger charge is -2.24. The third-order valence-corrected chi connectivity index (χ3v) is 4.94. The summed E-state index contributed by atoms with van der Waals surface area (Å²) in [6.45, 7) is 3.21. The van der Waals surface area contributed by atoms with E-state index in [-0.39, 0.29) is 17.1 Å². The van der Waals surface area contributed by atoms with E-state index in [2.05, 4.69) is 4.98 Å². The van der Waals surface area contributed by atoms with Crippen LogP contribution in [0.15, 0.2) is 51.8 Å². The second kappa shape index (κ2) is 6.63. The number of nitrogens with zero attached hydrogens (tertiary/aromatic N) is 2. The van der Waals surface area contributed by atoms with Crippen molar-refractivity contribution in [2.24, 2.45) is 0 Å². The lowest BCUT2D eigenvalue weighted by Crippen LogP contribution is -3.06. The molecule has 0 fully saturated rings. The predicted octanol–water partition coefficient (Wildman–Crippen LogP) is 1.19. The van der Waals surface area contributed by atoms with Crippen LogP contribution in [-0.2, 0) is 0 Å². The number of nitrogens with one attached hydrogen (secondary N) is 1. The number of benzene rings is 1. The molecule has 6 nitrogen and oxygen atoms in total. The molecule has 3 aromatic rings. The molecule has 1 atom stereocenters. The molecule has 0 spiro atoms. The van der Waals surface area contributed by atoms with E-state index in [0.717, 1.165) is 12.1 Å². The molecular formula is C21H22N3O3+. The number of pyridine rings is 1. The standard InChI is InChI=1S/C21H21N3O3/c1-13-7-8-16-14(12-13)19(25)17-18(15-6-4-5-9-22-15)24(11-10-23(2)3)21(26)20(17)27-16/h4-9,12,18H,10-11H2,1-3H3/p+1/t18-/m0/s1. The first-order valence-electron chi connectivity index (χ1n) is 9.05. The molecule has 1 amide bonds. The van der Waals surface area contributed by atoms with Crippen LogP contribution < -0.4 is 10.3 Å². The van der Waals surface area contributed by atoms with Crippen LogP contribution in [0, 0.1) is 6.92 Å². The first kappa shape index (κ1) is 17.4. The molecule has 0 unspecified atom stereocenters. The SMILES string of the molecule is Cc1ccc2oc3c(c(=O)c2c1)[C@H](c1ccccn1)N(CC[NH+](C)C)C3=O. The van der Waals surface area contributed by atoms with E-state index in [9.17, 15) is 9.59 Å². The molecule has 0 saturated carbocycles. The maximum absolute atomic E-state index is 13.3. The summed E-state index contributed by atoms with van der Waals surface area (Å²) < 4.78 is 5.92. The minimum Gasteiger partial charge on any atom is -0.450 e. The molecule has 1 aliphatic rings. The summed E-state index contributed by atoms with van der Waals surface area (Å²) >= 11 is 0. The number of hydrogen-bond acceptors (Lipinski definition) is 4. The average Bonchev–Trinajstić information content (AvgIpc) is 2.94. The quantitative estimate of drug-likeness (QED) is 0.755. The second-order valence-electron chi connectivity index (χ2n) is 7.29. The summed E-state index contributed by atoms with van der Waals surface area (Å²) in [6, 6.07) is 10.5. The number of fused-ring (bicyclic) bond motifs is 2. The first-order valence-corrected chi connectivity index (χ1v) is 9.05. The largest absolute Gasteiger partial charge is 0.450 e. The number of quaternary nitrogens is 1. The zero-order chi connectivity index (χ0) is 19.1. The fourth-order valence-corrected chi connectivity index (χ4v) is 3.55. The van der Waals surface area contributed by atoms with E-state index >= 15 is 0 Å². The van der Waals surface area contributed by atoms with Crippen molar-refractivity contribution in [1.82, 2.24) is 9.88 Å². The fraction of sp³-hybridized carbons (Fsp3) is 0.286.